The van der Waals surface area contributed by atoms with Crippen molar-refractivity contribution >= 4 is 16.9 Å². The van der Waals surface area contributed by atoms with Crippen LogP contribution in [0.4, 0.5) is 0 Å². The van der Waals surface area contributed by atoms with Gasteiger partial charge in [-0.3, -0.25) is 18.7 Å². The van der Waals surface area contributed by atoms with E-state index in [1.54, 1.807) is 6.92 Å². The molecule has 20 heavy (non-hydrogen) atoms. The predicted octanol–water partition coefficient (Wildman–Crippen LogP) is -0.867. The molecule has 0 saturated heterocycles. The Morgan fingerprint density at radius 3 is 2.65 bits per heavy atom. The summed E-state index contributed by atoms with van der Waals surface area (Å²) in [5.41, 5.74) is -0.417. The van der Waals surface area contributed by atoms with Crippen LogP contribution in [0.3, 0.4) is 0 Å². The van der Waals surface area contributed by atoms with Gasteiger partial charge in [0.2, 0.25) is 0 Å². The first kappa shape index (κ1) is 13.9. The minimum atomic E-state index is -0.503. The molecule has 106 valence electrons. The van der Waals surface area contributed by atoms with Crippen molar-refractivity contribution in [3.8, 4) is 0 Å². The Labute approximate surface area is 113 Å². The normalized spacial score (nSPS) is 10.8. The molecule has 0 fully saturated rings. The van der Waals surface area contributed by atoms with Crippen molar-refractivity contribution in [3.63, 3.8) is 0 Å². The molecule has 0 aliphatic carbocycles. The van der Waals surface area contributed by atoms with Gasteiger partial charge in [0.25, 0.3) is 5.56 Å². The molecular weight excluding hydrogens is 264 g/mol. The lowest BCUT2D eigenvalue weighted by Gasteiger charge is -2.09. The van der Waals surface area contributed by atoms with Crippen molar-refractivity contribution in [2.75, 3.05) is 6.61 Å². The molecule has 8 nitrogen and oxygen atoms in total. The van der Waals surface area contributed by atoms with Gasteiger partial charge in [-0.2, -0.15) is 10.2 Å². The smallest absolute Gasteiger partial charge is 0.330 e. The Bertz CT molecular complexity index is 790. The number of fused-ring (bicyclic) bond motifs is 1. The highest BCUT2D eigenvalue weighted by Gasteiger charge is 2.16. The number of aryl methyl sites for hydroxylation is 1. The average molecular weight is 278 g/mol. The highest BCUT2D eigenvalue weighted by Crippen LogP contribution is 2.10. The van der Waals surface area contributed by atoms with Gasteiger partial charge in [0, 0.05) is 14.1 Å². The van der Waals surface area contributed by atoms with E-state index in [1.165, 1.54) is 24.9 Å². The highest BCUT2D eigenvalue weighted by molar-refractivity contribution is 5.84. The molecule has 0 radical (unpaired) electrons. The maximum Gasteiger partial charge on any atom is 0.330 e. The Morgan fingerprint density at radius 2 is 2.00 bits per heavy atom. The van der Waals surface area contributed by atoms with Gasteiger partial charge in [-0.15, -0.1) is 0 Å². The summed E-state index contributed by atoms with van der Waals surface area (Å²) in [7, 11) is 2.90. The second kappa shape index (κ2) is 5.24. The van der Waals surface area contributed by atoms with E-state index in [9.17, 15) is 14.4 Å². The molecule has 0 aromatic carbocycles. The first-order chi connectivity index (χ1) is 9.47. The lowest BCUT2D eigenvalue weighted by atomic mass is 10.2. The molecule has 2 heterocycles. The van der Waals surface area contributed by atoms with Gasteiger partial charge < -0.3 is 4.74 Å². The van der Waals surface area contributed by atoms with E-state index in [2.05, 4.69) is 10.2 Å². The largest absolute Gasteiger partial charge is 0.466 e. The van der Waals surface area contributed by atoms with Crippen molar-refractivity contribution in [2.24, 2.45) is 14.1 Å². The average Bonchev–Trinajstić information content (AvgIpc) is 2.43. The zero-order valence-corrected chi connectivity index (χ0v) is 11.4. The summed E-state index contributed by atoms with van der Waals surface area (Å²) in [4.78, 5) is 35.6. The van der Waals surface area contributed by atoms with Crippen LogP contribution in [0.2, 0.25) is 0 Å². The van der Waals surface area contributed by atoms with Gasteiger partial charge in [0.15, 0.2) is 0 Å². The van der Waals surface area contributed by atoms with Crippen LogP contribution >= 0.6 is 0 Å². The number of ether oxygens (including phenoxy) is 1. The molecule has 2 aromatic heterocycles. The van der Waals surface area contributed by atoms with Crippen LogP contribution in [0, 0.1) is 0 Å². The number of hydrogen-bond acceptors (Lipinski definition) is 6. The lowest BCUT2D eigenvalue weighted by molar-refractivity contribution is -0.142. The van der Waals surface area contributed by atoms with E-state index in [4.69, 9.17) is 4.74 Å². The Morgan fingerprint density at radius 1 is 1.30 bits per heavy atom. The predicted molar refractivity (Wildman–Crippen MR) is 70.4 cm³/mol. The van der Waals surface area contributed by atoms with E-state index in [-0.39, 0.29) is 24.1 Å². The van der Waals surface area contributed by atoms with E-state index in [0.717, 1.165) is 4.57 Å². The summed E-state index contributed by atoms with van der Waals surface area (Å²) in [5, 5.41) is 7.76. The van der Waals surface area contributed by atoms with Crippen LogP contribution in [0.1, 0.15) is 12.6 Å². The fourth-order valence-corrected chi connectivity index (χ4v) is 1.96. The number of esters is 1. The molecular formula is C12H14N4O4. The first-order valence-corrected chi connectivity index (χ1v) is 6.03. The van der Waals surface area contributed by atoms with E-state index >= 15 is 0 Å². The summed E-state index contributed by atoms with van der Waals surface area (Å²) < 4.78 is 7.10. The number of aromatic nitrogens is 4. The Hall–Kier alpha value is -2.51. The van der Waals surface area contributed by atoms with Crippen molar-refractivity contribution in [1.82, 2.24) is 19.3 Å². The van der Waals surface area contributed by atoms with Crippen molar-refractivity contribution in [1.29, 1.82) is 0 Å². The zero-order chi connectivity index (χ0) is 14.9. The van der Waals surface area contributed by atoms with Crippen LogP contribution in [-0.4, -0.2) is 31.9 Å². The SMILES string of the molecule is CCOC(=O)Cc1nncc2c1c(=O)n(C)c(=O)n2C. The summed E-state index contributed by atoms with van der Waals surface area (Å²) in [6.07, 6.45) is 1.17. The van der Waals surface area contributed by atoms with E-state index < -0.39 is 17.2 Å². The highest BCUT2D eigenvalue weighted by atomic mass is 16.5. The van der Waals surface area contributed by atoms with Crippen LogP contribution in [0.25, 0.3) is 10.9 Å². The van der Waals surface area contributed by atoms with Gasteiger partial charge in [-0.05, 0) is 6.92 Å². The van der Waals surface area contributed by atoms with E-state index in [1.807, 2.05) is 0 Å². The third-order valence-electron chi connectivity index (χ3n) is 2.97. The molecule has 0 bridgehead atoms. The second-order valence-electron chi connectivity index (χ2n) is 4.24. The molecule has 0 amide bonds. The molecule has 2 rings (SSSR count). The van der Waals surface area contributed by atoms with Gasteiger partial charge in [-0.1, -0.05) is 0 Å². The van der Waals surface area contributed by atoms with Crippen molar-refractivity contribution in [3.05, 3.63) is 32.7 Å². The number of carbonyl (C=O) groups is 1. The maximum absolute atomic E-state index is 12.2. The maximum atomic E-state index is 12.2. The van der Waals surface area contributed by atoms with Crippen molar-refractivity contribution < 1.29 is 9.53 Å². The molecule has 0 N–H and O–H groups in total. The Balaban J connectivity index is 2.72. The summed E-state index contributed by atoms with van der Waals surface area (Å²) in [5.74, 6) is -0.495. The standard InChI is InChI=1S/C12H14N4O4/c1-4-20-9(17)5-7-10-8(6-13-14-7)15(2)12(19)16(3)11(10)18/h6H,4-5H2,1-3H3. The van der Waals surface area contributed by atoms with Gasteiger partial charge in [0.1, 0.15) is 0 Å². The Kier molecular flexibility index (Phi) is 3.64. The van der Waals surface area contributed by atoms with E-state index in [0.29, 0.717) is 5.52 Å². The number of rotatable bonds is 3. The molecule has 0 unspecified atom stereocenters. The minimum absolute atomic E-state index is 0.161. The first-order valence-electron chi connectivity index (χ1n) is 6.03. The molecule has 0 atom stereocenters. The number of hydrogen-bond donors (Lipinski definition) is 0. The van der Waals surface area contributed by atoms with Crippen LogP contribution in [0.15, 0.2) is 15.8 Å². The summed E-state index contributed by atoms with van der Waals surface area (Å²) in [6.45, 7) is 1.93. The van der Waals surface area contributed by atoms with Gasteiger partial charge in [0.05, 0.1) is 35.8 Å². The molecule has 8 heteroatoms. The van der Waals surface area contributed by atoms with Gasteiger partial charge >= 0.3 is 11.7 Å². The fourth-order valence-electron chi connectivity index (χ4n) is 1.96. The second-order valence-corrected chi connectivity index (χ2v) is 4.24. The monoisotopic (exact) mass is 278 g/mol. The minimum Gasteiger partial charge on any atom is -0.466 e. The van der Waals surface area contributed by atoms with Gasteiger partial charge in [-0.25, -0.2) is 4.79 Å². The zero-order valence-electron chi connectivity index (χ0n) is 11.4. The third-order valence-corrected chi connectivity index (χ3v) is 2.97. The topological polar surface area (TPSA) is 96.1 Å². The lowest BCUT2D eigenvalue weighted by Crippen LogP contribution is -2.37. The quantitative estimate of drug-likeness (QED) is 0.677. The number of carbonyl (C=O) groups excluding carboxylic acids is 1. The van der Waals surface area contributed by atoms with Crippen LogP contribution in [0.5, 0.6) is 0 Å². The van der Waals surface area contributed by atoms with Crippen LogP contribution in [-0.2, 0) is 30.0 Å². The third kappa shape index (κ3) is 2.20. The number of nitrogens with zero attached hydrogens (tertiary/aromatic N) is 4. The molecule has 0 saturated carbocycles. The molecule has 2 aromatic rings. The molecule has 0 aliphatic heterocycles. The summed E-state index contributed by atoms with van der Waals surface area (Å²) in [6, 6.07) is 0. The van der Waals surface area contributed by atoms with Crippen LogP contribution < -0.4 is 11.2 Å². The molecule has 0 aliphatic rings. The molecule has 0 spiro atoms. The van der Waals surface area contributed by atoms with Crippen molar-refractivity contribution in [2.45, 2.75) is 13.3 Å². The summed E-state index contributed by atoms with van der Waals surface area (Å²) >= 11 is 0. The fraction of sp³-hybridized carbons (Fsp3) is 0.417.